The molecule has 0 aliphatic rings. The molecule has 0 bridgehead atoms. The van der Waals surface area contributed by atoms with Gasteiger partial charge in [-0.3, -0.25) is 14.4 Å². The predicted octanol–water partition coefficient (Wildman–Crippen LogP) is 10.8. The number of rotatable bonds is 14. The number of fused-ring (bicyclic) bond motifs is 2. The number of carbonyl (C=O) groups is 1. The molecule has 8 aromatic rings. The van der Waals surface area contributed by atoms with E-state index in [1.54, 1.807) is 83.4 Å². The van der Waals surface area contributed by atoms with Gasteiger partial charge in [0.25, 0.3) is 11.1 Å². The number of aliphatic hydroxyl groups is 1. The Labute approximate surface area is 398 Å². The van der Waals surface area contributed by atoms with Crippen LogP contribution in [-0.4, -0.2) is 69.3 Å². The van der Waals surface area contributed by atoms with Crippen molar-refractivity contribution in [2.45, 2.75) is 52.2 Å². The summed E-state index contributed by atoms with van der Waals surface area (Å²) < 4.78 is 31.7. The van der Waals surface area contributed by atoms with Crippen molar-refractivity contribution in [2.75, 3.05) is 27.4 Å². The van der Waals surface area contributed by atoms with Gasteiger partial charge < -0.3 is 28.8 Å². The van der Waals surface area contributed by atoms with Crippen LogP contribution in [0.4, 0.5) is 0 Å². The summed E-state index contributed by atoms with van der Waals surface area (Å²) in [5, 5.41) is 21.5. The fourth-order valence-corrected chi connectivity index (χ4v) is 8.86. The van der Waals surface area contributed by atoms with E-state index >= 15 is 0 Å². The van der Waals surface area contributed by atoms with Crippen molar-refractivity contribution in [1.82, 2.24) is 19.6 Å². The zero-order valence-electron chi connectivity index (χ0n) is 37.1. The van der Waals surface area contributed by atoms with E-state index in [9.17, 15) is 19.5 Å². The molecule has 0 saturated carbocycles. The maximum absolute atomic E-state index is 13.3. The Morgan fingerprint density at radius 3 is 1.45 bits per heavy atom. The van der Waals surface area contributed by atoms with Gasteiger partial charge in [0.1, 0.15) is 28.2 Å². The van der Waals surface area contributed by atoms with Gasteiger partial charge in [-0.25, -0.2) is 0 Å². The maximum atomic E-state index is 13.3. The third-order valence-electron chi connectivity index (χ3n) is 9.80. The first kappa shape index (κ1) is 47.7. The first-order valence-corrected chi connectivity index (χ1v) is 23.0. The van der Waals surface area contributed by atoms with Crippen LogP contribution in [0.5, 0.6) is 23.0 Å². The number of carbonyl (C=O) groups excluding carboxylic acids is 1. The van der Waals surface area contributed by atoms with Crippen LogP contribution in [-0.2, 0) is 9.53 Å². The molecule has 17 heteroatoms. The average molecular weight is 970 g/mol. The van der Waals surface area contributed by atoms with E-state index in [4.69, 9.17) is 46.9 Å². The summed E-state index contributed by atoms with van der Waals surface area (Å²) in [6, 6.07) is 29.1. The lowest BCUT2D eigenvalue weighted by Crippen LogP contribution is -2.34. The number of hydrogen-bond donors (Lipinski definition) is 1. The minimum Gasteiger partial charge on any atom is -0.493 e. The first-order chi connectivity index (χ1) is 31.4. The molecule has 0 fully saturated rings. The van der Waals surface area contributed by atoms with Crippen molar-refractivity contribution in [3.05, 3.63) is 140 Å². The number of halogens is 2. The van der Waals surface area contributed by atoms with Crippen LogP contribution >= 0.6 is 45.9 Å². The van der Waals surface area contributed by atoms with Gasteiger partial charge in [-0.15, -0.1) is 22.7 Å². The van der Waals surface area contributed by atoms with E-state index in [0.717, 1.165) is 31.7 Å². The Bertz CT molecular complexity index is 3140. The molecule has 0 saturated heterocycles. The van der Waals surface area contributed by atoms with E-state index in [2.05, 4.69) is 10.2 Å². The Morgan fingerprint density at radius 2 is 1.06 bits per heavy atom. The smallest absolute Gasteiger partial charge is 0.306 e. The summed E-state index contributed by atoms with van der Waals surface area (Å²) in [4.78, 5) is 40.0. The second-order valence-electron chi connectivity index (χ2n) is 16.2. The number of esters is 1. The van der Waals surface area contributed by atoms with Crippen molar-refractivity contribution in [3.63, 3.8) is 0 Å². The van der Waals surface area contributed by atoms with Gasteiger partial charge in [-0.2, -0.15) is 19.6 Å². The fraction of sp³-hybridized carbons (Fsp3) is 0.245. The largest absolute Gasteiger partial charge is 0.493 e. The van der Waals surface area contributed by atoms with Gasteiger partial charge in [-0.1, -0.05) is 54.4 Å². The molecule has 0 radical (unpaired) electrons. The summed E-state index contributed by atoms with van der Waals surface area (Å²) in [7, 11) is 3.04. The summed E-state index contributed by atoms with van der Waals surface area (Å²) in [5.74, 6) is 1.52. The molecule has 66 heavy (non-hydrogen) atoms. The summed E-state index contributed by atoms with van der Waals surface area (Å²) in [5.41, 5.74) is 0.852. The van der Waals surface area contributed by atoms with Crippen LogP contribution in [0.3, 0.4) is 0 Å². The molecule has 0 unspecified atom stereocenters. The lowest BCUT2D eigenvalue weighted by atomic mass is 10.1. The Kier molecular flexibility index (Phi) is 14.5. The molecule has 1 N–H and O–H groups in total. The normalized spacial score (nSPS) is 11.5. The molecule has 8 rings (SSSR count). The van der Waals surface area contributed by atoms with Crippen molar-refractivity contribution >= 4 is 72.0 Å². The highest BCUT2D eigenvalue weighted by Gasteiger charge is 2.25. The number of ether oxygens (including phenoxy) is 5. The molecule has 13 nitrogen and oxygen atoms in total. The lowest BCUT2D eigenvalue weighted by molar-refractivity contribution is -0.158. The number of hydrogen-bond acceptors (Lipinski definition) is 13. The molecule has 0 spiro atoms. The molecular formula is C49H46Cl2N4O9S2. The van der Waals surface area contributed by atoms with E-state index in [0.29, 0.717) is 60.2 Å². The summed E-state index contributed by atoms with van der Waals surface area (Å²) >= 11 is 14.8. The fourth-order valence-electron chi connectivity index (χ4n) is 6.48. The minimum atomic E-state index is -0.978. The number of thiophene rings is 2. The Balaban J connectivity index is 0.000000198. The van der Waals surface area contributed by atoms with Gasteiger partial charge in [0.15, 0.2) is 23.0 Å². The molecule has 342 valence electrons. The van der Waals surface area contributed by atoms with Gasteiger partial charge >= 0.3 is 5.97 Å². The van der Waals surface area contributed by atoms with E-state index in [-0.39, 0.29) is 30.3 Å². The van der Waals surface area contributed by atoms with Crippen molar-refractivity contribution in [2.24, 2.45) is 0 Å². The first-order valence-electron chi connectivity index (χ1n) is 20.6. The number of methoxy groups -OCH3 is 2. The zero-order chi connectivity index (χ0) is 47.3. The topological polar surface area (TPSA) is 153 Å². The van der Waals surface area contributed by atoms with Gasteiger partial charge in [0, 0.05) is 49.1 Å². The predicted molar refractivity (Wildman–Crippen MR) is 262 cm³/mol. The monoisotopic (exact) mass is 968 g/mol. The highest BCUT2D eigenvalue weighted by Crippen LogP contribution is 2.36. The Morgan fingerprint density at radius 1 is 0.636 bits per heavy atom. The number of nitrogens with zero attached hydrogens (tertiary/aromatic N) is 4. The summed E-state index contributed by atoms with van der Waals surface area (Å²) in [6.07, 6.45) is 3.64. The lowest BCUT2D eigenvalue weighted by Gasteiger charge is -2.25. The second kappa shape index (κ2) is 20.1. The number of benzene rings is 4. The molecule has 0 amide bonds. The maximum Gasteiger partial charge on any atom is 0.306 e. The second-order valence-corrected chi connectivity index (χ2v) is 19.2. The minimum absolute atomic E-state index is 0.107. The van der Waals surface area contributed by atoms with Crippen molar-refractivity contribution in [3.8, 4) is 55.3 Å². The van der Waals surface area contributed by atoms with E-state index < -0.39 is 11.2 Å². The van der Waals surface area contributed by atoms with E-state index in [1.165, 1.54) is 46.3 Å². The standard InChI is InChI=1S/C26H25ClN2O5S.C23H21ClN2O4S/c1-5-23(30)34-26(2,3)15-33-20-11-10-19(13-21(20)32-4)29-25(31)24-17(14-28-29)12-22(35-24)16-6-8-18(27)9-7-16;1-23(2,28)13-30-18-9-8-17(11-19(18)29-3)26-22(27)21-15(12-25-26)10-20(31-21)14-4-6-16(24)7-5-14/h6-14H,5,15H2,1-4H3;4-12,28H,13H2,1-3H3. The quantitative estimate of drug-likeness (QED) is 0.104. The van der Waals surface area contributed by atoms with Crippen molar-refractivity contribution < 1.29 is 33.6 Å². The van der Waals surface area contributed by atoms with Crippen LogP contribution in [0.25, 0.3) is 52.4 Å². The average Bonchev–Trinajstić information content (AvgIpc) is 3.95. The van der Waals surface area contributed by atoms with Crippen LogP contribution in [0.1, 0.15) is 41.0 Å². The van der Waals surface area contributed by atoms with E-state index in [1.807, 2.05) is 60.7 Å². The molecule has 4 aromatic heterocycles. The van der Waals surface area contributed by atoms with Crippen LogP contribution in [0.2, 0.25) is 10.0 Å². The highest BCUT2D eigenvalue weighted by atomic mass is 35.5. The summed E-state index contributed by atoms with van der Waals surface area (Å²) in [6.45, 7) is 8.86. The zero-order valence-corrected chi connectivity index (χ0v) is 40.2. The molecule has 0 aliphatic carbocycles. The molecule has 4 heterocycles. The number of aromatic nitrogens is 4. The van der Waals surface area contributed by atoms with Gasteiger partial charge in [0.05, 0.1) is 43.6 Å². The highest BCUT2D eigenvalue weighted by molar-refractivity contribution is 7.22. The van der Waals surface area contributed by atoms with Crippen LogP contribution < -0.4 is 30.1 Å². The van der Waals surface area contributed by atoms with Gasteiger partial charge in [-0.05, 0) is 99.5 Å². The van der Waals surface area contributed by atoms with Gasteiger partial charge in [0.2, 0.25) is 0 Å². The molecule has 4 aromatic carbocycles. The van der Waals surface area contributed by atoms with Crippen LogP contribution in [0.15, 0.2) is 119 Å². The molecule has 0 atom stereocenters. The Hall–Kier alpha value is -6.23. The van der Waals surface area contributed by atoms with Crippen molar-refractivity contribution in [1.29, 1.82) is 0 Å². The third-order valence-corrected chi connectivity index (χ3v) is 12.7. The molecule has 0 aliphatic heterocycles. The molecular weight excluding hydrogens is 924 g/mol. The SMILES string of the molecule is CCC(=O)OC(C)(C)COc1ccc(-n2ncc3cc(-c4ccc(Cl)cc4)sc3c2=O)cc1OC.COc1cc(-n2ncc3cc(-c4ccc(Cl)cc4)sc3c2=O)ccc1OCC(C)(C)O. The third kappa shape index (κ3) is 11.2. The van der Waals surface area contributed by atoms with Crippen LogP contribution in [0, 0.1) is 0 Å².